The van der Waals surface area contributed by atoms with Gasteiger partial charge in [0.05, 0.1) is 39.2 Å². The minimum Gasteiger partial charge on any atom is -0.506 e. The molecule has 1 amide bonds. The topological polar surface area (TPSA) is 138 Å². The smallest absolute Gasteiger partial charge is 0.344 e. The van der Waals surface area contributed by atoms with Crippen LogP contribution in [-0.4, -0.2) is 40.7 Å². The molecule has 0 fully saturated rings. The van der Waals surface area contributed by atoms with Crippen LogP contribution in [0.25, 0.3) is 6.08 Å². The lowest BCUT2D eigenvalue weighted by Crippen LogP contribution is -2.14. The molecule has 3 aromatic rings. The molecule has 10 nitrogen and oxygen atoms in total. The molecule has 0 unspecified atom stereocenters. The normalized spacial score (nSPS) is 14.8. The molecule has 0 spiro atoms. The number of aliphatic hydroxyl groups excluding tert-OH is 1. The molecule has 0 saturated heterocycles. The molecule has 4 rings (SSSR count). The van der Waals surface area contributed by atoms with Gasteiger partial charge in [0.1, 0.15) is 23.0 Å². The number of esters is 1. The van der Waals surface area contributed by atoms with Crippen LogP contribution < -0.4 is 9.47 Å². The number of nitro groups is 1. The molecule has 1 heterocycles. The Kier molecular flexibility index (Phi) is 9.89. The predicted octanol–water partition coefficient (Wildman–Crippen LogP) is 7.19. The van der Waals surface area contributed by atoms with Crippen molar-refractivity contribution in [2.24, 2.45) is 4.99 Å². The number of non-ortho nitro benzene ring substituents is 1. The van der Waals surface area contributed by atoms with Gasteiger partial charge < -0.3 is 19.3 Å². The average molecular weight is 629 g/mol. The van der Waals surface area contributed by atoms with E-state index in [0.717, 1.165) is 11.8 Å². The second-order valence-electron chi connectivity index (χ2n) is 8.50. The van der Waals surface area contributed by atoms with Crippen LogP contribution in [0.15, 0.2) is 81.9 Å². The first-order valence-electron chi connectivity index (χ1n) is 12.2. The summed E-state index contributed by atoms with van der Waals surface area (Å²) in [7, 11) is 1.42. The number of aliphatic imine (C=N–C) groups is 1. The summed E-state index contributed by atoms with van der Waals surface area (Å²) in [6.07, 6.45) is 1.54. The van der Waals surface area contributed by atoms with Crippen molar-refractivity contribution in [1.29, 1.82) is 0 Å². The van der Waals surface area contributed by atoms with E-state index >= 15 is 0 Å². The summed E-state index contributed by atoms with van der Waals surface area (Å²) in [6, 6.07) is 15.4. The monoisotopic (exact) mass is 628 g/mol. The summed E-state index contributed by atoms with van der Waals surface area (Å²) >= 11 is 13.5. The Morgan fingerprint density at radius 1 is 1.10 bits per heavy atom. The third-order valence-corrected chi connectivity index (χ3v) is 7.39. The van der Waals surface area contributed by atoms with Crippen molar-refractivity contribution in [3.8, 4) is 11.5 Å². The van der Waals surface area contributed by atoms with Gasteiger partial charge in [0.15, 0.2) is 11.5 Å². The van der Waals surface area contributed by atoms with E-state index in [2.05, 4.69) is 4.99 Å². The number of carbonyl (C=O) groups excluding carboxylic acids is 2. The fourth-order valence-corrected chi connectivity index (χ4v) is 5.27. The van der Waals surface area contributed by atoms with Gasteiger partial charge in [0, 0.05) is 12.1 Å². The number of benzene rings is 3. The molecule has 0 saturated carbocycles. The number of nitrogens with zero attached hydrogens (tertiary/aromatic N) is 2. The fraction of sp³-hybridized carbons (Fsp3) is 0.138. The molecule has 1 aliphatic heterocycles. The van der Waals surface area contributed by atoms with E-state index in [9.17, 15) is 24.8 Å². The highest BCUT2D eigenvalue weighted by molar-refractivity contribution is 8.18. The molecular formula is C29H22Cl2N2O8S. The first-order valence-corrected chi connectivity index (χ1v) is 13.8. The van der Waals surface area contributed by atoms with E-state index < -0.39 is 22.6 Å². The fourth-order valence-electron chi connectivity index (χ4n) is 3.76. The van der Waals surface area contributed by atoms with E-state index in [4.69, 9.17) is 37.4 Å². The molecule has 3 aromatic carbocycles. The average Bonchev–Trinajstić information content (AvgIpc) is 3.26. The SMILES string of the molecule is CCOC(=O)C1=C(O)/C(=C/c2cc(Cl)c(OCc3ccc([N+](=O)[O-])cc3)c(OC)c2)SC1=NC(=O)c1ccccc1Cl. The van der Waals surface area contributed by atoms with E-state index in [1.165, 1.54) is 37.5 Å². The minimum absolute atomic E-state index is 0.0404. The number of thioether (sulfide) groups is 1. The zero-order valence-corrected chi connectivity index (χ0v) is 24.5. The molecule has 1 aliphatic rings. The number of ether oxygens (including phenoxy) is 3. The first kappa shape index (κ1) is 30.6. The van der Waals surface area contributed by atoms with Gasteiger partial charge in [0.25, 0.3) is 11.6 Å². The molecule has 13 heteroatoms. The summed E-state index contributed by atoms with van der Waals surface area (Å²) < 4.78 is 16.4. The second-order valence-corrected chi connectivity index (χ2v) is 10.3. The summed E-state index contributed by atoms with van der Waals surface area (Å²) in [4.78, 5) is 40.2. The van der Waals surface area contributed by atoms with Gasteiger partial charge in [-0.25, -0.2) is 9.79 Å². The van der Waals surface area contributed by atoms with Crippen molar-refractivity contribution < 1.29 is 33.8 Å². The number of hydrogen-bond acceptors (Lipinski definition) is 9. The van der Waals surface area contributed by atoms with Crippen LogP contribution in [0.5, 0.6) is 11.5 Å². The molecular weight excluding hydrogens is 607 g/mol. The third kappa shape index (κ3) is 6.93. The maximum Gasteiger partial charge on any atom is 0.344 e. The number of halogens is 2. The van der Waals surface area contributed by atoms with Crippen LogP contribution in [-0.2, 0) is 16.1 Å². The number of carbonyl (C=O) groups is 2. The largest absolute Gasteiger partial charge is 0.506 e. The number of rotatable bonds is 9. The molecule has 42 heavy (non-hydrogen) atoms. The van der Waals surface area contributed by atoms with Gasteiger partial charge in [-0.15, -0.1) is 0 Å². The molecule has 0 aliphatic carbocycles. The van der Waals surface area contributed by atoms with Crippen LogP contribution in [0.4, 0.5) is 5.69 Å². The van der Waals surface area contributed by atoms with E-state index in [0.29, 0.717) is 11.1 Å². The van der Waals surface area contributed by atoms with Crippen molar-refractivity contribution in [1.82, 2.24) is 0 Å². The summed E-state index contributed by atoms with van der Waals surface area (Å²) in [5.74, 6) is -1.45. The number of amides is 1. The van der Waals surface area contributed by atoms with E-state index in [1.807, 2.05) is 0 Å². The highest BCUT2D eigenvalue weighted by Crippen LogP contribution is 2.42. The molecule has 0 radical (unpaired) electrons. The van der Waals surface area contributed by atoms with Crippen molar-refractivity contribution >= 4 is 63.6 Å². The van der Waals surface area contributed by atoms with Crippen molar-refractivity contribution in [2.45, 2.75) is 13.5 Å². The number of methoxy groups -OCH3 is 1. The van der Waals surface area contributed by atoms with Gasteiger partial charge in [-0.1, -0.05) is 47.1 Å². The summed E-state index contributed by atoms with van der Waals surface area (Å²) in [5, 5.41) is 22.2. The quantitative estimate of drug-likeness (QED) is 0.148. The standard InChI is InChI=1S/C29H22Cl2N2O8S/c1-3-40-29(36)24-25(34)23(42-28(24)32-27(35)19-6-4-5-7-20(19)30)14-17-12-21(31)26(22(13-17)39-2)41-15-16-8-10-18(11-9-16)33(37)38/h4-14,34H,3,15H2,1-2H3/b23-14-,32-28?. The number of aliphatic hydroxyl groups is 1. The number of hydrogen-bond donors (Lipinski definition) is 1. The Balaban J connectivity index is 1.64. The minimum atomic E-state index is -0.845. The Hall–Kier alpha value is -4.32. The molecule has 0 bridgehead atoms. The first-order chi connectivity index (χ1) is 20.1. The molecule has 1 N–H and O–H groups in total. The van der Waals surface area contributed by atoms with Gasteiger partial charge in [-0.05, 0) is 60.5 Å². The predicted molar refractivity (Wildman–Crippen MR) is 161 cm³/mol. The van der Waals surface area contributed by atoms with Gasteiger partial charge >= 0.3 is 5.97 Å². The molecule has 0 aromatic heterocycles. The van der Waals surface area contributed by atoms with E-state index in [1.54, 1.807) is 43.3 Å². The highest BCUT2D eigenvalue weighted by atomic mass is 35.5. The lowest BCUT2D eigenvalue weighted by atomic mass is 10.1. The van der Waals surface area contributed by atoms with Gasteiger partial charge in [-0.2, -0.15) is 0 Å². The van der Waals surface area contributed by atoms with Crippen molar-refractivity contribution in [2.75, 3.05) is 13.7 Å². The van der Waals surface area contributed by atoms with Crippen molar-refractivity contribution in [3.05, 3.63) is 114 Å². The van der Waals surface area contributed by atoms with Crippen LogP contribution in [0.2, 0.25) is 10.0 Å². The van der Waals surface area contributed by atoms with E-state index in [-0.39, 0.29) is 61.5 Å². The molecule has 0 atom stereocenters. The Morgan fingerprint density at radius 2 is 1.81 bits per heavy atom. The van der Waals surface area contributed by atoms with Crippen LogP contribution in [0.3, 0.4) is 0 Å². The second kappa shape index (κ2) is 13.6. The summed E-state index contributed by atoms with van der Waals surface area (Å²) in [5.41, 5.74) is 0.992. The Bertz CT molecular complexity index is 1650. The lowest BCUT2D eigenvalue weighted by Gasteiger charge is -2.13. The zero-order valence-electron chi connectivity index (χ0n) is 22.1. The van der Waals surface area contributed by atoms with Gasteiger partial charge in [-0.3, -0.25) is 14.9 Å². The van der Waals surface area contributed by atoms with Crippen LogP contribution in [0.1, 0.15) is 28.4 Å². The highest BCUT2D eigenvalue weighted by Gasteiger charge is 2.34. The lowest BCUT2D eigenvalue weighted by molar-refractivity contribution is -0.384. The molecule has 216 valence electrons. The third-order valence-electron chi connectivity index (χ3n) is 5.76. The summed E-state index contributed by atoms with van der Waals surface area (Å²) in [6.45, 7) is 1.72. The Morgan fingerprint density at radius 3 is 2.45 bits per heavy atom. The van der Waals surface area contributed by atoms with Crippen LogP contribution in [0, 0.1) is 10.1 Å². The van der Waals surface area contributed by atoms with Crippen molar-refractivity contribution in [3.63, 3.8) is 0 Å². The Labute approximate surface area is 254 Å². The maximum atomic E-state index is 12.9. The zero-order chi connectivity index (χ0) is 30.4. The van der Waals surface area contributed by atoms with Crippen LogP contribution >= 0.6 is 35.0 Å². The maximum absolute atomic E-state index is 12.9. The van der Waals surface area contributed by atoms with Gasteiger partial charge in [0.2, 0.25) is 0 Å². The number of nitro benzene ring substituents is 1.